The van der Waals surface area contributed by atoms with E-state index in [0.29, 0.717) is 13.2 Å². The Bertz CT molecular complexity index is 341. The zero-order valence-corrected chi connectivity index (χ0v) is 12.0. The average Bonchev–Trinajstić information content (AvgIpc) is 2.83. The van der Waals surface area contributed by atoms with E-state index in [1.807, 2.05) is 13.0 Å². The van der Waals surface area contributed by atoms with Crippen molar-refractivity contribution in [2.24, 2.45) is 0 Å². The molecule has 18 heavy (non-hydrogen) atoms. The zero-order valence-electron chi connectivity index (χ0n) is 11.2. The quantitative estimate of drug-likeness (QED) is 0.759. The van der Waals surface area contributed by atoms with Crippen LogP contribution >= 0.6 is 11.3 Å². The van der Waals surface area contributed by atoms with E-state index in [2.05, 4.69) is 29.0 Å². The molecule has 1 aromatic rings. The predicted molar refractivity (Wildman–Crippen MR) is 74.8 cm³/mol. The molecule has 1 heterocycles. The van der Waals surface area contributed by atoms with E-state index in [9.17, 15) is 4.79 Å². The minimum Gasteiger partial charge on any atom is -0.383 e. The van der Waals surface area contributed by atoms with Crippen molar-refractivity contribution < 1.29 is 9.53 Å². The van der Waals surface area contributed by atoms with Crippen LogP contribution in [0.15, 0.2) is 17.5 Å². The van der Waals surface area contributed by atoms with Crippen LogP contribution in [0.2, 0.25) is 0 Å². The third-order valence-corrected chi connectivity index (χ3v) is 3.61. The van der Waals surface area contributed by atoms with Gasteiger partial charge in [0.25, 0.3) is 0 Å². The molecule has 0 radical (unpaired) electrons. The molecule has 1 amide bonds. The van der Waals surface area contributed by atoms with E-state index in [0.717, 1.165) is 6.42 Å². The lowest BCUT2D eigenvalue weighted by atomic mass is 10.2. The van der Waals surface area contributed by atoms with Gasteiger partial charge in [-0.1, -0.05) is 13.0 Å². The Morgan fingerprint density at radius 1 is 1.56 bits per heavy atom. The van der Waals surface area contributed by atoms with Crippen LogP contribution in [0.3, 0.4) is 0 Å². The number of rotatable bonds is 8. The van der Waals surface area contributed by atoms with Gasteiger partial charge in [0.05, 0.1) is 13.2 Å². The molecule has 2 unspecified atom stereocenters. The summed E-state index contributed by atoms with van der Waals surface area (Å²) in [4.78, 5) is 13.0. The smallest absolute Gasteiger partial charge is 0.234 e. The standard InChI is InChI=1S/C13H22N2O2S/c1-4-11(12-6-5-7-18-12)14-8-13(16)15-10(2)9-17-3/h5-7,10-11,14H,4,8-9H2,1-3H3,(H,15,16). The normalized spacial score (nSPS) is 14.2. The summed E-state index contributed by atoms with van der Waals surface area (Å²) in [6.45, 7) is 4.92. The van der Waals surface area contributed by atoms with Crippen molar-refractivity contribution in [2.75, 3.05) is 20.3 Å². The highest BCUT2D eigenvalue weighted by molar-refractivity contribution is 7.10. The highest BCUT2D eigenvalue weighted by Gasteiger charge is 2.12. The van der Waals surface area contributed by atoms with Gasteiger partial charge in [-0.3, -0.25) is 4.79 Å². The second kappa shape index (κ2) is 8.24. The summed E-state index contributed by atoms with van der Waals surface area (Å²) in [5.74, 6) is 0.00885. The fraction of sp³-hybridized carbons (Fsp3) is 0.615. The van der Waals surface area contributed by atoms with Gasteiger partial charge < -0.3 is 15.4 Å². The minimum absolute atomic E-state index is 0.00885. The SMILES string of the molecule is CCC(NCC(=O)NC(C)COC)c1cccs1. The molecule has 0 aliphatic heterocycles. The third-order valence-electron chi connectivity index (χ3n) is 2.63. The first-order valence-corrected chi connectivity index (χ1v) is 7.10. The van der Waals surface area contributed by atoms with Crippen molar-refractivity contribution >= 4 is 17.2 Å². The van der Waals surface area contributed by atoms with Crippen molar-refractivity contribution in [2.45, 2.75) is 32.4 Å². The Hall–Kier alpha value is -0.910. The first-order chi connectivity index (χ1) is 8.67. The summed E-state index contributed by atoms with van der Waals surface area (Å²) in [6.07, 6.45) is 0.974. The lowest BCUT2D eigenvalue weighted by Crippen LogP contribution is -2.41. The van der Waals surface area contributed by atoms with Gasteiger partial charge in [0.2, 0.25) is 5.91 Å². The number of hydrogen-bond donors (Lipinski definition) is 2. The van der Waals surface area contributed by atoms with Crippen LogP contribution in [-0.4, -0.2) is 32.2 Å². The summed E-state index contributed by atoms with van der Waals surface area (Å²) in [5.41, 5.74) is 0. The molecule has 0 fully saturated rings. The molecular weight excluding hydrogens is 248 g/mol. The maximum Gasteiger partial charge on any atom is 0.234 e. The Kier molecular flexibility index (Phi) is 6.93. The molecule has 4 nitrogen and oxygen atoms in total. The van der Waals surface area contributed by atoms with Crippen molar-refractivity contribution in [1.82, 2.24) is 10.6 Å². The fourth-order valence-electron chi connectivity index (χ4n) is 1.77. The number of carbonyl (C=O) groups excluding carboxylic acids is 1. The lowest BCUT2D eigenvalue weighted by molar-refractivity contribution is -0.121. The first-order valence-electron chi connectivity index (χ1n) is 6.22. The van der Waals surface area contributed by atoms with Gasteiger partial charge in [-0.15, -0.1) is 11.3 Å². The van der Waals surface area contributed by atoms with Gasteiger partial charge in [0.1, 0.15) is 0 Å². The van der Waals surface area contributed by atoms with Crippen molar-refractivity contribution in [3.05, 3.63) is 22.4 Å². The van der Waals surface area contributed by atoms with Gasteiger partial charge in [0, 0.05) is 24.1 Å². The summed E-state index contributed by atoms with van der Waals surface area (Å²) < 4.78 is 4.98. The van der Waals surface area contributed by atoms with Gasteiger partial charge in [-0.2, -0.15) is 0 Å². The Morgan fingerprint density at radius 2 is 2.33 bits per heavy atom. The molecule has 2 N–H and O–H groups in total. The van der Waals surface area contributed by atoms with E-state index < -0.39 is 0 Å². The Morgan fingerprint density at radius 3 is 2.89 bits per heavy atom. The molecule has 0 spiro atoms. The average molecular weight is 270 g/mol. The van der Waals surface area contributed by atoms with Gasteiger partial charge in [-0.25, -0.2) is 0 Å². The van der Waals surface area contributed by atoms with Crippen molar-refractivity contribution in [1.29, 1.82) is 0 Å². The summed E-state index contributed by atoms with van der Waals surface area (Å²) in [7, 11) is 1.63. The number of thiophene rings is 1. The molecule has 0 saturated heterocycles. The van der Waals surface area contributed by atoms with Crippen LogP contribution in [-0.2, 0) is 9.53 Å². The summed E-state index contributed by atoms with van der Waals surface area (Å²) >= 11 is 1.72. The van der Waals surface area contributed by atoms with Crippen LogP contribution in [0.25, 0.3) is 0 Å². The van der Waals surface area contributed by atoms with Gasteiger partial charge >= 0.3 is 0 Å². The Balaban J connectivity index is 2.32. The minimum atomic E-state index is 0.00885. The van der Waals surface area contributed by atoms with E-state index in [1.165, 1.54) is 4.88 Å². The molecule has 0 aromatic carbocycles. The summed E-state index contributed by atoms with van der Waals surface area (Å²) in [6, 6.07) is 4.43. The number of hydrogen-bond acceptors (Lipinski definition) is 4. The molecule has 2 atom stereocenters. The highest BCUT2D eigenvalue weighted by Crippen LogP contribution is 2.21. The van der Waals surface area contributed by atoms with Crippen LogP contribution < -0.4 is 10.6 Å². The van der Waals surface area contributed by atoms with Crippen molar-refractivity contribution in [3.8, 4) is 0 Å². The number of ether oxygens (including phenoxy) is 1. The lowest BCUT2D eigenvalue weighted by Gasteiger charge is -2.17. The molecule has 0 aliphatic rings. The topological polar surface area (TPSA) is 50.4 Å². The maximum absolute atomic E-state index is 11.7. The van der Waals surface area contributed by atoms with Crippen LogP contribution in [0.5, 0.6) is 0 Å². The largest absolute Gasteiger partial charge is 0.383 e. The zero-order chi connectivity index (χ0) is 13.4. The van der Waals surface area contributed by atoms with E-state index in [-0.39, 0.29) is 18.0 Å². The molecule has 1 rings (SSSR count). The van der Waals surface area contributed by atoms with Gasteiger partial charge in [0.15, 0.2) is 0 Å². The maximum atomic E-state index is 11.7. The highest BCUT2D eigenvalue weighted by atomic mass is 32.1. The second-order valence-electron chi connectivity index (χ2n) is 4.28. The first kappa shape index (κ1) is 15.1. The van der Waals surface area contributed by atoms with Crippen LogP contribution in [0.4, 0.5) is 0 Å². The number of carbonyl (C=O) groups is 1. The van der Waals surface area contributed by atoms with Gasteiger partial charge in [-0.05, 0) is 24.8 Å². The Labute approximate surface area is 113 Å². The van der Waals surface area contributed by atoms with E-state index in [1.54, 1.807) is 18.4 Å². The fourth-order valence-corrected chi connectivity index (χ4v) is 2.65. The number of methoxy groups -OCH3 is 1. The molecule has 0 bridgehead atoms. The molecule has 0 aliphatic carbocycles. The van der Waals surface area contributed by atoms with Crippen LogP contribution in [0.1, 0.15) is 31.2 Å². The predicted octanol–water partition coefficient (Wildman–Crippen LogP) is 1.94. The molecule has 5 heteroatoms. The number of amides is 1. The van der Waals surface area contributed by atoms with Crippen molar-refractivity contribution in [3.63, 3.8) is 0 Å². The monoisotopic (exact) mass is 270 g/mol. The molecule has 0 saturated carbocycles. The third kappa shape index (κ3) is 5.16. The number of nitrogens with one attached hydrogen (secondary N) is 2. The second-order valence-corrected chi connectivity index (χ2v) is 5.26. The molecular formula is C13H22N2O2S. The van der Waals surface area contributed by atoms with E-state index >= 15 is 0 Å². The van der Waals surface area contributed by atoms with Crippen LogP contribution in [0, 0.1) is 0 Å². The van der Waals surface area contributed by atoms with E-state index in [4.69, 9.17) is 4.74 Å². The molecule has 1 aromatic heterocycles. The molecule has 102 valence electrons. The summed E-state index contributed by atoms with van der Waals surface area (Å²) in [5, 5.41) is 8.22.